The molecule has 1 aromatic carbocycles. The third-order valence-electron chi connectivity index (χ3n) is 3.27. The molecule has 3 aromatic heterocycles. The van der Waals surface area contributed by atoms with Crippen molar-refractivity contribution in [3.63, 3.8) is 0 Å². The van der Waals surface area contributed by atoms with Gasteiger partial charge in [-0.25, -0.2) is 4.98 Å². The minimum absolute atomic E-state index is 0.919. The lowest BCUT2D eigenvalue weighted by Crippen LogP contribution is -1.78. The molecule has 0 amide bonds. The molecule has 0 aliphatic heterocycles. The first kappa shape index (κ1) is 12.6. The lowest BCUT2D eigenvalue weighted by atomic mass is 10.2. The second-order valence-corrected chi connectivity index (χ2v) is 6.53. The topological polar surface area (TPSA) is 28.7 Å². The Morgan fingerprint density at radius 3 is 2.14 bits per heavy atom. The summed E-state index contributed by atoms with van der Waals surface area (Å²) in [6.07, 6.45) is 0. The molecule has 4 heteroatoms. The standard InChI is InChI=1S/C17H12N2S2/c1-2-6-12(7-3-1)17-18-15(13-8-4-10-20-13)16(19-17)14-9-5-11-21-14/h1-11H,(H,18,19). The summed E-state index contributed by atoms with van der Waals surface area (Å²) in [5, 5.41) is 4.18. The third kappa shape index (κ3) is 2.33. The van der Waals surface area contributed by atoms with Crippen LogP contribution in [0.3, 0.4) is 0 Å². The fourth-order valence-corrected chi connectivity index (χ4v) is 3.74. The van der Waals surface area contributed by atoms with Crippen LogP contribution in [0.5, 0.6) is 0 Å². The van der Waals surface area contributed by atoms with E-state index in [1.807, 2.05) is 18.2 Å². The summed E-state index contributed by atoms with van der Waals surface area (Å²) in [6.45, 7) is 0. The van der Waals surface area contributed by atoms with Crippen molar-refractivity contribution >= 4 is 22.7 Å². The van der Waals surface area contributed by atoms with Crippen molar-refractivity contribution in [2.75, 3.05) is 0 Å². The number of thiophene rings is 2. The summed E-state index contributed by atoms with van der Waals surface area (Å²) >= 11 is 3.45. The van der Waals surface area contributed by atoms with Crippen LogP contribution >= 0.6 is 22.7 Å². The van der Waals surface area contributed by atoms with Crippen molar-refractivity contribution < 1.29 is 0 Å². The number of H-pyrrole nitrogens is 1. The molecule has 1 N–H and O–H groups in total. The summed E-state index contributed by atoms with van der Waals surface area (Å²) in [5.41, 5.74) is 3.25. The molecule has 4 aromatic rings. The van der Waals surface area contributed by atoms with Gasteiger partial charge in [0.2, 0.25) is 0 Å². The molecule has 2 nitrogen and oxygen atoms in total. The van der Waals surface area contributed by atoms with Gasteiger partial charge in [0, 0.05) is 5.56 Å². The molecule has 0 unspecified atom stereocenters. The summed E-state index contributed by atoms with van der Waals surface area (Å²) in [5.74, 6) is 0.919. The second-order valence-electron chi connectivity index (χ2n) is 4.63. The fourth-order valence-electron chi connectivity index (χ4n) is 2.30. The molecule has 102 valence electrons. The number of benzene rings is 1. The average Bonchev–Trinajstić information content (AvgIpc) is 3.27. The van der Waals surface area contributed by atoms with E-state index < -0.39 is 0 Å². The van der Waals surface area contributed by atoms with Gasteiger partial charge in [-0.1, -0.05) is 42.5 Å². The largest absolute Gasteiger partial charge is 0.337 e. The van der Waals surface area contributed by atoms with Crippen molar-refractivity contribution in [2.24, 2.45) is 0 Å². The Balaban J connectivity index is 1.91. The van der Waals surface area contributed by atoms with Crippen molar-refractivity contribution in [1.29, 1.82) is 0 Å². The lowest BCUT2D eigenvalue weighted by molar-refractivity contribution is 1.31. The van der Waals surface area contributed by atoms with Gasteiger partial charge in [0.05, 0.1) is 15.4 Å². The van der Waals surface area contributed by atoms with E-state index in [-0.39, 0.29) is 0 Å². The van der Waals surface area contributed by atoms with Gasteiger partial charge in [-0.05, 0) is 22.9 Å². The van der Waals surface area contributed by atoms with E-state index in [2.05, 4.69) is 52.1 Å². The van der Waals surface area contributed by atoms with Crippen LogP contribution in [-0.2, 0) is 0 Å². The second kappa shape index (κ2) is 5.31. The summed E-state index contributed by atoms with van der Waals surface area (Å²) in [7, 11) is 0. The Bertz CT molecular complexity index is 777. The Morgan fingerprint density at radius 2 is 1.48 bits per heavy atom. The molecular weight excluding hydrogens is 296 g/mol. The van der Waals surface area contributed by atoms with Crippen molar-refractivity contribution in [1.82, 2.24) is 9.97 Å². The van der Waals surface area contributed by atoms with Gasteiger partial charge < -0.3 is 4.98 Å². The highest BCUT2D eigenvalue weighted by Gasteiger charge is 2.16. The van der Waals surface area contributed by atoms with Gasteiger partial charge >= 0.3 is 0 Å². The zero-order valence-corrected chi connectivity index (χ0v) is 12.7. The molecule has 3 heterocycles. The number of rotatable bonds is 3. The molecular formula is C17H12N2S2. The average molecular weight is 308 g/mol. The highest BCUT2D eigenvalue weighted by molar-refractivity contribution is 7.14. The Morgan fingerprint density at radius 1 is 0.762 bits per heavy atom. The number of imidazole rings is 1. The van der Waals surface area contributed by atoms with Crippen LogP contribution in [-0.4, -0.2) is 9.97 Å². The van der Waals surface area contributed by atoms with E-state index in [0.29, 0.717) is 0 Å². The quantitative estimate of drug-likeness (QED) is 0.529. The predicted molar refractivity (Wildman–Crippen MR) is 90.6 cm³/mol. The van der Waals surface area contributed by atoms with Crippen LogP contribution in [0.1, 0.15) is 0 Å². The van der Waals surface area contributed by atoms with E-state index in [4.69, 9.17) is 4.98 Å². The molecule has 0 saturated heterocycles. The van der Waals surface area contributed by atoms with Gasteiger partial charge in [-0.15, -0.1) is 22.7 Å². The van der Waals surface area contributed by atoms with Crippen molar-refractivity contribution in [3.05, 3.63) is 65.4 Å². The molecule has 0 saturated carbocycles. The summed E-state index contributed by atoms with van der Waals surface area (Å²) in [4.78, 5) is 10.7. The Labute approximate surface area is 130 Å². The smallest absolute Gasteiger partial charge is 0.138 e. The Hall–Kier alpha value is -2.17. The van der Waals surface area contributed by atoms with Gasteiger partial charge in [0.25, 0.3) is 0 Å². The van der Waals surface area contributed by atoms with Crippen LogP contribution in [0, 0.1) is 0 Å². The first-order chi connectivity index (χ1) is 10.4. The Kier molecular flexibility index (Phi) is 3.18. The van der Waals surface area contributed by atoms with E-state index in [1.54, 1.807) is 22.7 Å². The highest BCUT2D eigenvalue weighted by Crippen LogP contribution is 2.36. The maximum Gasteiger partial charge on any atom is 0.138 e. The summed E-state index contributed by atoms with van der Waals surface area (Å²) < 4.78 is 0. The number of aromatic nitrogens is 2. The molecule has 21 heavy (non-hydrogen) atoms. The number of hydrogen-bond acceptors (Lipinski definition) is 3. The molecule has 4 rings (SSSR count). The summed E-state index contributed by atoms with van der Waals surface area (Å²) in [6, 6.07) is 18.6. The first-order valence-corrected chi connectivity index (χ1v) is 8.41. The van der Waals surface area contributed by atoms with Crippen molar-refractivity contribution in [3.8, 4) is 32.5 Å². The zero-order valence-electron chi connectivity index (χ0n) is 11.1. The fraction of sp³-hybridized carbons (Fsp3) is 0. The maximum absolute atomic E-state index is 4.84. The van der Waals surface area contributed by atoms with Crippen LogP contribution in [0.2, 0.25) is 0 Å². The van der Waals surface area contributed by atoms with E-state index in [1.165, 1.54) is 9.75 Å². The van der Waals surface area contributed by atoms with Crippen LogP contribution in [0.25, 0.3) is 32.5 Å². The molecule has 0 aliphatic carbocycles. The molecule has 0 aliphatic rings. The van der Waals surface area contributed by atoms with Crippen LogP contribution < -0.4 is 0 Å². The number of nitrogens with one attached hydrogen (secondary N) is 1. The van der Waals surface area contributed by atoms with Gasteiger partial charge in [0.1, 0.15) is 11.5 Å². The zero-order chi connectivity index (χ0) is 14.1. The van der Waals surface area contributed by atoms with Gasteiger partial charge in [-0.2, -0.15) is 0 Å². The van der Waals surface area contributed by atoms with E-state index in [9.17, 15) is 0 Å². The molecule has 0 bridgehead atoms. The van der Waals surface area contributed by atoms with Crippen LogP contribution in [0.4, 0.5) is 0 Å². The van der Waals surface area contributed by atoms with E-state index >= 15 is 0 Å². The van der Waals surface area contributed by atoms with Gasteiger partial charge in [0.15, 0.2) is 0 Å². The van der Waals surface area contributed by atoms with Gasteiger partial charge in [-0.3, -0.25) is 0 Å². The number of aromatic amines is 1. The third-order valence-corrected chi connectivity index (χ3v) is 5.04. The molecule has 0 fully saturated rings. The highest BCUT2D eigenvalue weighted by atomic mass is 32.1. The molecule has 0 spiro atoms. The minimum Gasteiger partial charge on any atom is -0.337 e. The maximum atomic E-state index is 4.84. The number of nitrogens with zero attached hydrogens (tertiary/aromatic N) is 1. The molecule has 0 radical (unpaired) electrons. The SMILES string of the molecule is c1ccc(-c2nc(-c3cccs3)c(-c3cccs3)[nH]2)cc1. The predicted octanol–water partition coefficient (Wildman–Crippen LogP) is 5.53. The molecule has 0 atom stereocenters. The van der Waals surface area contributed by atoms with Crippen LogP contribution in [0.15, 0.2) is 65.4 Å². The number of hydrogen-bond donors (Lipinski definition) is 1. The van der Waals surface area contributed by atoms with Crippen molar-refractivity contribution in [2.45, 2.75) is 0 Å². The normalized spacial score (nSPS) is 10.9. The lowest BCUT2D eigenvalue weighted by Gasteiger charge is -1.96. The first-order valence-electron chi connectivity index (χ1n) is 6.65. The monoisotopic (exact) mass is 308 g/mol. The minimum atomic E-state index is 0.919. The van der Waals surface area contributed by atoms with E-state index in [0.717, 1.165) is 22.8 Å².